The van der Waals surface area contributed by atoms with Crippen molar-refractivity contribution in [2.24, 2.45) is 0 Å². The summed E-state index contributed by atoms with van der Waals surface area (Å²) in [6.07, 6.45) is 4.65. The number of nitrogens with one attached hydrogen (secondary N) is 1. The lowest BCUT2D eigenvalue weighted by Gasteiger charge is -2.11. The van der Waals surface area contributed by atoms with Crippen LogP contribution in [0.1, 0.15) is 39.2 Å². The molecule has 3 rings (SSSR count). The van der Waals surface area contributed by atoms with E-state index >= 15 is 0 Å². The van der Waals surface area contributed by atoms with Gasteiger partial charge in [0.1, 0.15) is 5.75 Å². The maximum Gasteiger partial charge on any atom is 0.260 e. The van der Waals surface area contributed by atoms with Gasteiger partial charge < -0.3 is 15.8 Å². The van der Waals surface area contributed by atoms with Gasteiger partial charge in [-0.3, -0.25) is 4.79 Å². The number of benzene rings is 1. The third kappa shape index (κ3) is 3.48. The van der Waals surface area contributed by atoms with Crippen LogP contribution in [0, 0.1) is 6.92 Å². The van der Waals surface area contributed by atoms with Gasteiger partial charge in [-0.15, -0.1) is 23.7 Å². The molecule has 1 aromatic heterocycles. The fourth-order valence-electron chi connectivity index (χ4n) is 2.93. The Morgan fingerprint density at radius 2 is 2.04 bits per heavy atom. The summed E-state index contributed by atoms with van der Waals surface area (Å²) < 4.78 is 5.26. The molecule has 24 heavy (non-hydrogen) atoms. The highest BCUT2D eigenvalue weighted by molar-refractivity contribution is 7.16. The first-order chi connectivity index (χ1) is 11.0. The van der Waals surface area contributed by atoms with Crippen LogP contribution in [0.25, 0.3) is 0 Å². The summed E-state index contributed by atoms with van der Waals surface area (Å²) in [5.74, 6) is 0.189. The van der Waals surface area contributed by atoms with Crippen molar-refractivity contribution < 1.29 is 9.53 Å². The van der Waals surface area contributed by atoms with Crippen LogP contribution in [-0.4, -0.2) is 13.0 Å². The predicted molar refractivity (Wildman–Crippen MR) is 103 cm³/mol. The number of nitrogen functional groups attached to an aromatic ring is 1. The van der Waals surface area contributed by atoms with Crippen LogP contribution in [0.15, 0.2) is 12.1 Å². The van der Waals surface area contributed by atoms with Gasteiger partial charge in [-0.05, 0) is 49.8 Å². The van der Waals surface area contributed by atoms with Crippen molar-refractivity contribution in [3.8, 4) is 5.75 Å². The normalized spacial score (nSPS) is 13.0. The molecule has 4 nitrogen and oxygen atoms in total. The van der Waals surface area contributed by atoms with Gasteiger partial charge in [0.15, 0.2) is 0 Å². The SMILES string of the molecule is COc1cc(N)c(Cl)cc1C(=O)Nc1sc2c(c1C)CCCC2.Cl. The van der Waals surface area contributed by atoms with Gasteiger partial charge in [0.25, 0.3) is 5.91 Å². The summed E-state index contributed by atoms with van der Waals surface area (Å²) in [7, 11) is 1.51. The van der Waals surface area contributed by atoms with E-state index in [0.717, 1.165) is 17.8 Å². The molecule has 0 bridgehead atoms. The van der Waals surface area contributed by atoms with Crippen LogP contribution in [0.5, 0.6) is 5.75 Å². The van der Waals surface area contributed by atoms with E-state index in [4.69, 9.17) is 22.1 Å². The third-order valence-corrected chi connectivity index (χ3v) is 5.86. The second-order valence-electron chi connectivity index (χ2n) is 5.69. The highest BCUT2D eigenvalue weighted by Gasteiger charge is 2.21. The Morgan fingerprint density at radius 3 is 2.71 bits per heavy atom. The quantitative estimate of drug-likeness (QED) is 0.740. The van der Waals surface area contributed by atoms with Crippen LogP contribution in [0.3, 0.4) is 0 Å². The Bertz CT molecular complexity index is 774. The van der Waals surface area contributed by atoms with Crippen molar-refractivity contribution >= 4 is 51.9 Å². The largest absolute Gasteiger partial charge is 0.496 e. The molecule has 130 valence electrons. The molecule has 1 heterocycles. The Labute approximate surface area is 156 Å². The van der Waals surface area contributed by atoms with E-state index in [9.17, 15) is 4.79 Å². The monoisotopic (exact) mass is 386 g/mol. The zero-order valence-electron chi connectivity index (χ0n) is 13.6. The first kappa shape index (κ1) is 18.9. The molecule has 1 aromatic carbocycles. The van der Waals surface area contributed by atoms with Gasteiger partial charge in [0.05, 0.1) is 28.4 Å². The molecule has 0 spiro atoms. The molecule has 0 atom stereocenters. The minimum Gasteiger partial charge on any atom is -0.496 e. The zero-order chi connectivity index (χ0) is 16.6. The molecule has 0 saturated carbocycles. The number of nitrogens with two attached hydrogens (primary N) is 1. The number of amides is 1. The summed E-state index contributed by atoms with van der Waals surface area (Å²) in [4.78, 5) is 14.0. The predicted octanol–water partition coefficient (Wildman–Crippen LogP) is 4.85. The average Bonchev–Trinajstić information content (AvgIpc) is 2.86. The van der Waals surface area contributed by atoms with Crippen LogP contribution < -0.4 is 15.8 Å². The second kappa shape index (κ2) is 7.64. The van der Waals surface area contributed by atoms with Crippen molar-refractivity contribution in [2.75, 3.05) is 18.2 Å². The van der Waals surface area contributed by atoms with Crippen molar-refractivity contribution in [3.05, 3.63) is 38.7 Å². The number of methoxy groups -OCH3 is 1. The van der Waals surface area contributed by atoms with E-state index in [0.29, 0.717) is 22.0 Å². The minimum atomic E-state index is -0.231. The van der Waals surface area contributed by atoms with Crippen LogP contribution in [0.2, 0.25) is 5.02 Å². The molecule has 0 unspecified atom stereocenters. The first-order valence-corrected chi connectivity index (χ1v) is 8.76. The summed E-state index contributed by atoms with van der Waals surface area (Å²) in [6, 6.07) is 3.12. The first-order valence-electron chi connectivity index (χ1n) is 7.56. The summed E-state index contributed by atoms with van der Waals surface area (Å²) in [6.45, 7) is 2.07. The fourth-order valence-corrected chi connectivity index (χ4v) is 4.38. The second-order valence-corrected chi connectivity index (χ2v) is 7.21. The standard InChI is InChI=1S/C17H19ClN2O2S.ClH/c1-9-10-5-3-4-6-15(10)23-17(9)20-16(21)11-7-12(18)13(19)8-14(11)22-2;/h7-8H,3-6,19H2,1-2H3,(H,20,21);1H. The highest BCUT2D eigenvalue weighted by atomic mass is 35.5. The molecule has 2 aromatic rings. The Balaban J connectivity index is 0.00000208. The lowest BCUT2D eigenvalue weighted by atomic mass is 9.96. The number of hydrogen-bond donors (Lipinski definition) is 2. The number of ether oxygens (including phenoxy) is 1. The molecular formula is C17H20Cl2N2O2S. The molecule has 0 aliphatic heterocycles. The maximum absolute atomic E-state index is 12.6. The molecular weight excluding hydrogens is 367 g/mol. The molecule has 1 aliphatic carbocycles. The number of rotatable bonds is 3. The van der Waals surface area contributed by atoms with E-state index in [1.54, 1.807) is 23.5 Å². The van der Waals surface area contributed by atoms with Crippen LogP contribution in [0.4, 0.5) is 10.7 Å². The number of anilines is 2. The Kier molecular flexibility index (Phi) is 6.01. The number of aryl methyl sites for hydroxylation is 1. The van der Waals surface area contributed by atoms with Gasteiger partial charge in [0, 0.05) is 10.9 Å². The fraction of sp³-hybridized carbons (Fsp3) is 0.353. The molecule has 0 radical (unpaired) electrons. The number of carbonyl (C=O) groups excluding carboxylic acids is 1. The molecule has 7 heteroatoms. The van der Waals surface area contributed by atoms with Gasteiger partial charge in [-0.2, -0.15) is 0 Å². The summed E-state index contributed by atoms with van der Waals surface area (Å²) >= 11 is 7.72. The number of halogens is 2. The van der Waals surface area contributed by atoms with E-state index in [1.807, 2.05) is 0 Å². The van der Waals surface area contributed by atoms with Crippen LogP contribution in [-0.2, 0) is 12.8 Å². The van der Waals surface area contributed by atoms with Gasteiger partial charge in [-0.25, -0.2) is 0 Å². The smallest absolute Gasteiger partial charge is 0.260 e. The van der Waals surface area contributed by atoms with Gasteiger partial charge in [0.2, 0.25) is 0 Å². The summed E-state index contributed by atoms with van der Waals surface area (Å²) in [5, 5.41) is 4.26. The minimum absolute atomic E-state index is 0. The molecule has 0 saturated heterocycles. The number of thiophene rings is 1. The lowest BCUT2D eigenvalue weighted by molar-refractivity contribution is 0.102. The molecule has 0 fully saturated rings. The van der Waals surface area contributed by atoms with E-state index in [-0.39, 0.29) is 18.3 Å². The van der Waals surface area contributed by atoms with E-state index < -0.39 is 0 Å². The van der Waals surface area contributed by atoms with E-state index in [2.05, 4.69) is 12.2 Å². The van der Waals surface area contributed by atoms with Crippen molar-refractivity contribution in [1.82, 2.24) is 0 Å². The van der Waals surface area contributed by atoms with Crippen molar-refractivity contribution in [1.29, 1.82) is 0 Å². The Morgan fingerprint density at radius 1 is 1.33 bits per heavy atom. The maximum atomic E-state index is 12.6. The topological polar surface area (TPSA) is 64.3 Å². The molecule has 1 amide bonds. The average molecular weight is 387 g/mol. The van der Waals surface area contributed by atoms with E-state index in [1.165, 1.54) is 36.0 Å². The van der Waals surface area contributed by atoms with Crippen molar-refractivity contribution in [2.45, 2.75) is 32.6 Å². The molecule has 3 N–H and O–H groups in total. The number of hydrogen-bond acceptors (Lipinski definition) is 4. The summed E-state index contributed by atoms with van der Waals surface area (Å²) in [5.41, 5.74) is 9.13. The van der Waals surface area contributed by atoms with Gasteiger partial charge >= 0.3 is 0 Å². The number of carbonyl (C=O) groups is 1. The van der Waals surface area contributed by atoms with Gasteiger partial charge in [-0.1, -0.05) is 11.6 Å². The lowest BCUT2D eigenvalue weighted by Crippen LogP contribution is -2.13. The molecule has 1 aliphatic rings. The highest BCUT2D eigenvalue weighted by Crippen LogP contribution is 2.38. The van der Waals surface area contributed by atoms with Crippen LogP contribution >= 0.6 is 35.3 Å². The van der Waals surface area contributed by atoms with Crippen molar-refractivity contribution in [3.63, 3.8) is 0 Å². The Hall–Kier alpha value is -1.43. The third-order valence-electron chi connectivity index (χ3n) is 4.23. The zero-order valence-corrected chi connectivity index (χ0v) is 16.0. The number of fused-ring (bicyclic) bond motifs is 1.